The third kappa shape index (κ3) is 2.19. The number of methoxy groups -OCH3 is 1. The van der Waals surface area contributed by atoms with Crippen molar-refractivity contribution in [1.29, 1.82) is 0 Å². The fourth-order valence-corrected chi connectivity index (χ4v) is 1.97. The molecule has 7 heteroatoms. The number of ether oxygens (including phenoxy) is 1. The van der Waals surface area contributed by atoms with Crippen molar-refractivity contribution in [2.75, 3.05) is 13.0 Å². The second-order valence-electron chi connectivity index (χ2n) is 3.61. The lowest BCUT2D eigenvalue weighted by molar-refractivity contribution is -0.136. The molecule has 96 valence electrons. The van der Waals surface area contributed by atoms with Crippen molar-refractivity contribution in [1.82, 2.24) is 10.6 Å². The van der Waals surface area contributed by atoms with E-state index in [0.29, 0.717) is 11.3 Å². The second-order valence-corrected chi connectivity index (χ2v) is 3.87. The number of amides is 2. The monoisotopic (exact) mass is 270 g/mol. The van der Waals surface area contributed by atoms with Crippen LogP contribution in [0, 0.1) is 0 Å². The first-order valence-electron chi connectivity index (χ1n) is 5.14. The molecule has 0 saturated heterocycles. The van der Waals surface area contributed by atoms with Gasteiger partial charge >= 0.3 is 12.0 Å². The van der Waals surface area contributed by atoms with Gasteiger partial charge in [-0.15, -0.1) is 11.6 Å². The Balaban J connectivity index is 2.48. The lowest BCUT2D eigenvalue weighted by atomic mass is 9.98. The molecule has 0 aromatic carbocycles. The molecule has 1 aromatic heterocycles. The second kappa shape index (κ2) is 5.14. The number of carbonyl (C=O) groups excluding carboxylic acids is 2. The fraction of sp³-hybridized carbons (Fsp3) is 0.273. The standard InChI is InChI=1S/C11H11ClN2O4/c1-17-10(15)8-7(4-12)13-11(16)14-9(8)6-2-3-18-5-6/h2-3,5,9H,4H2,1H3,(H2,13,14,16). The molecule has 2 heterocycles. The Morgan fingerprint density at radius 1 is 1.61 bits per heavy atom. The van der Waals surface area contributed by atoms with E-state index in [9.17, 15) is 9.59 Å². The Kier molecular flexibility index (Phi) is 3.57. The predicted molar refractivity (Wildman–Crippen MR) is 62.9 cm³/mol. The summed E-state index contributed by atoms with van der Waals surface area (Å²) in [6, 6.07) is 0.605. The van der Waals surface area contributed by atoms with Crippen LogP contribution in [-0.4, -0.2) is 25.0 Å². The van der Waals surface area contributed by atoms with Crippen LogP contribution < -0.4 is 10.6 Å². The van der Waals surface area contributed by atoms with Crippen molar-refractivity contribution in [2.45, 2.75) is 6.04 Å². The van der Waals surface area contributed by atoms with Crippen LogP contribution in [-0.2, 0) is 9.53 Å². The molecule has 2 N–H and O–H groups in total. The first-order valence-corrected chi connectivity index (χ1v) is 5.67. The lowest BCUT2D eigenvalue weighted by Crippen LogP contribution is -2.46. The predicted octanol–water partition coefficient (Wildman–Crippen LogP) is 1.30. The van der Waals surface area contributed by atoms with Gasteiger partial charge in [-0.2, -0.15) is 0 Å². The average molecular weight is 271 g/mol. The van der Waals surface area contributed by atoms with Crippen LogP contribution in [0.1, 0.15) is 11.6 Å². The largest absolute Gasteiger partial charge is 0.472 e. The molecule has 2 rings (SSSR count). The normalized spacial score (nSPS) is 19.2. The molecule has 0 fully saturated rings. The number of allylic oxidation sites excluding steroid dienone is 1. The molecular weight excluding hydrogens is 260 g/mol. The summed E-state index contributed by atoms with van der Waals surface area (Å²) in [5.74, 6) is -0.545. The summed E-state index contributed by atoms with van der Waals surface area (Å²) in [6.45, 7) is 0. The number of esters is 1. The maximum absolute atomic E-state index is 11.8. The minimum Gasteiger partial charge on any atom is -0.472 e. The van der Waals surface area contributed by atoms with Crippen LogP contribution in [0.4, 0.5) is 4.79 Å². The van der Waals surface area contributed by atoms with E-state index in [1.54, 1.807) is 6.07 Å². The van der Waals surface area contributed by atoms with Crippen LogP contribution in [0.3, 0.4) is 0 Å². The molecule has 6 nitrogen and oxygen atoms in total. The number of halogens is 1. The smallest absolute Gasteiger partial charge is 0.338 e. The third-order valence-electron chi connectivity index (χ3n) is 2.57. The van der Waals surface area contributed by atoms with Crippen molar-refractivity contribution >= 4 is 23.6 Å². The van der Waals surface area contributed by atoms with Crippen LogP contribution in [0.25, 0.3) is 0 Å². The number of nitrogens with one attached hydrogen (secondary N) is 2. The topological polar surface area (TPSA) is 80.6 Å². The highest BCUT2D eigenvalue weighted by molar-refractivity contribution is 6.20. The van der Waals surface area contributed by atoms with Crippen molar-refractivity contribution in [3.05, 3.63) is 35.4 Å². The summed E-state index contributed by atoms with van der Waals surface area (Å²) in [5.41, 5.74) is 1.25. The summed E-state index contributed by atoms with van der Waals surface area (Å²) in [5, 5.41) is 5.11. The van der Waals surface area contributed by atoms with E-state index in [0.717, 1.165) is 0 Å². The highest BCUT2D eigenvalue weighted by Gasteiger charge is 2.33. The SMILES string of the molecule is COC(=O)C1=C(CCl)NC(=O)NC1c1ccoc1. The summed E-state index contributed by atoms with van der Waals surface area (Å²) in [4.78, 5) is 23.3. The van der Waals surface area contributed by atoms with Crippen LogP contribution in [0.5, 0.6) is 0 Å². The minimum atomic E-state index is -0.626. The van der Waals surface area contributed by atoms with Gasteiger partial charge in [0.15, 0.2) is 0 Å². The van der Waals surface area contributed by atoms with Gasteiger partial charge in [-0.25, -0.2) is 9.59 Å². The Labute approximate surface area is 108 Å². The van der Waals surface area contributed by atoms with E-state index >= 15 is 0 Å². The molecule has 18 heavy (non-hydrogen) atoms. The highest BCUT2D eigenvalue weighted by atomic mass is 35.5. The molecule has 1 aliphatic heterocycles. The van der Waals surface area contributed by atoms with Crippen LogP contribution in [0.2, 0.25) is 0 Å². The first-order chi connectivity index (χ1) is 8.67. The maximum Gasteiger partial charge on any atom is 0.338 e. The number of hydrogen-bond donors (Lipinski definition) is 2. The van der Waals surface area contributed by atoms with Crippen LogP contribution in [0.15, 0.2) is 34.3 Å². The van der Waals surface area contributed by atoms with Crippen molar-refractivity contribution < 1.29 is 18.7 Å². The number of urea groups is 1. The van der Waals surface area contributed by atoms with Gasteiger partial charge in [-0.3, -0.25) is 0 Å². The van der Waals surface area contributed by atoms with Crippen molar-refractivity contribution in [3.8, 4) is 0 Å². The zero-order valence-electron chi connectivity index (χ0n) is 9.53. The van der Waals surface area contributed by atoms with E-state index in [1.807, 2.05) is 0 Å². The molecule has 0 spiro atoms. The molecule has 1 atom stereocenters. The van der Waals surface area contributed by atoms with Gasteiger partial charge in [0.1, 0.15) is 0 Å². The number of furan rings is 1. The zero-order valence-corrected chi connectivity index (χ0v) is 10.3. The van der Waals surface area contributed by atoms with Crippen LogP contribution >= 0.6 is 11.6 Å². The molecule has 0 saturated carbocycles. The third-order valence-corrected chi connectivity index (χ3v) is 2.84. The number of alkyl halides is 1. The number of carbonyl (C=O) groups is 2. The van der Waals surface area contributed by atoms with Crippen molar-refractivity contribution in [3.63, 3.8) is 0 Å². The van der Waals surface area contributed by atoms with E-state index in [2.05, 4.69) is 10.6 Å². The number of hydrogen-bond acceptors (Lipinski definition) is 4. The first kappa shape index (κ1) is 12.5. The highest BCUT2D eigenvalue weighted by Crippen LogP contribution is 2.28. The molecule has 1 aromatic rings. The van der Waals surface area contributed by atoms with E-state index in [-0.39, 0.29) is 11.5 Å². The van der Waals surface area contributed by atoms with E-state index in [4.69, 9.17) is 20.8 Å². The molecule has 0 bridgehead atoms. The molecule has 1 aliphatic rings. The summed E-state index contributed by atoms with van der Waals surface area (Å²) in [6.07, 6.45) is 2.91. The van der Waals surface area contributed by atoms with Gasteiger partial charge in [-0.1, -0.05) is 0 Å². The molecule has 1 unspecified atom stereocenters. The Bertz CT molecular complexity index is 495. The van der Waals surface area contributed by atoms with E-state index < -0.39 is 18.0 Å². The quantitative estimate of drug-likeness (QED) is 0.641. The van der Waals surface area contributed by atoms with Gasteiger partial charge in [0.25, 0.3) is 0 Å². The summed E-state index contributed by atoms with van der Waals surface area (Å²) < 4.78 is 9.66. The average Bonchev–Trinajstić information content (AvgIpc) is 2.90. The molecule has 0 aliphatic carbocycles. The zero-order chi connectivity index (χ0) is 13.1. The fourth-order valence-electron chi connectivity index (χ4n) is 1.76. The lowest BCUT2D eigenvalue weighted by Gasteiger charge is -2.27. The summed E-state index contributed by atoms with van der Waals surface area (Å²) in [7, 11) is 1.27. The molecule has 2 amide bonds. The summed E-state index contributed by atoms with van der Waals surface area (Å²) >= 11 is 5.74. The van der Waals surface area contributed by atoms with Gasteiger partial charge in [0.2, 0.25) is 0 Å². The molecular formula is C11H11ClN2O4. The van der Waals surface area contributed by atoms with E-state index in [1.165, 1.54) is 19.6 Å². The number of rotatable bonds is 3. The Morgan fingerprint density at radius 3 is 2.94 bits per heavy atom. The van der Waals surface area contributed by atoms with Gasteiger partial charge < -0.3 is 19.8 Å². The Morgan fingerprint density at radius 2 is 2.39 bits per heavy atom. The van der Waals surface area contributed by atoms with Gasteiger partial charge in [0.05, 0.1) is 37.1 Å². The van der Waals surface area contributed by atoms with Gasteiger partial charge in [0, 0.05) is 11.3 Å². The van der Waals surface area contributed by atoms with Crippen molar-refractivity contribution in [2.24, 2.45) is 0 Å². The minimum absolute atomic E-state index is 0.00616. The Hall–Kier alpha value is -1.95. The molecule has 0 radical (unpaired) electrons. The maximum atomic E-state index is 11.8. The van der Waals surface area contributed by atoms with Gasteiger partial charge in [-0.05, 0) is 6.07 Å².